The summed E-state index contributed by atoms with van der Waals surface area (Å²) in [5.41, 5.74) is 0.606. The van der Waals surface area contributed by atoms with E-state index in [9.17, 15) is 13.2 Å². The molecule has 3 nitrogen and oxygen atoms in total. The third-order valence-electron chi connectivity index (χ3n) is 2.42. The molecule has 0 heterocycles. The van der Waals surface area contributed by atoms with Gasteiger partial charge in [-0.3, -0.25) is 4.90 Å². The molecule has 1 rings (SSSR count). The Bertz CT molecular complexity index is 413. The first-order valence-electron chi connectivity index (χ1n) is 5.74. The average Bonchev–Trinajstić information content (AvgIpc) is 2.33. The normalized spacial score (nSPS) is 11.1. The van der Waals surface area contributed by atoms with Gasteiger partial charge in [-0.05, 0) is 17.7 Å². The van der Waals surface area contributed by atoms with Crippen LogP contribution in [0.5, 0.6) is 5.75 Å². The van der Waals surface area contributed by atoms with Crippen LogP contribution in [-0.4, -0.2) is 36.3 Å². The average molecular weight is 275 g/mol. The van der Waals surface area contributed by atoms with Crippen molar-refractivity contribution >= 4 is 0 Å². The van der Waals surface area contributed by atoms with E-state index in [1.165, 1.54) is 12.1 Å². The highest BCUT2D eigenvalue weighted by atomic mass is 19.3. The van der Waals surface area contributed by atoms with Crippen molar-refractivity contribution in [3.63, 3.8) is 0 Å². The zero-order valence-corrected chi connectivity index (χ0v) is 10.4. The van der Waals surface area contributed by atoms with Gasteiger partial charge >= 0.3 is 6.61 Å². The molecule has 0 fully saturated rings. The van der Waals surface area contributed by atoms with Crippen LogP contribution >= 0.6 is 0 Å². The lowest BCUT2D eigenvalue weighted by Gasteiger charge is -2.19. The number of alkyl halides is 2. The number of aliphatic hydroxyl groups is 1. The molecule has 0 aliphatic heterocycles. The molecule has 6 heteroatoms. The van der Waals surface area contributed by atoms with Gasteiger partial charge in [0.1, 0.15) is 0 Å². The maximum atomic E-state index is 13.5. The monoisotopic (exact) mass is 275 g/mol. The fraction of sp³-hybridized carbons (Fsp3) is 0.385. The van der Waals surface area contributed by atoms with Crippen LogP contribution < -0.4 is 4.74 Å². The molecule has 1 N–H and O–H groups in total. The van der Waals surface area contributed by atoms with Gasteiger partial charge in [0.25, 0.3) is 0 Å². The summed E-state index contributed by atoms with van der Waals surface area (Å²) < 4.78 is 41.5. The van der Waals surface area contributed by atoms with Crippen molar-refractivity contribution in [3.8, 4) is 5.75 Å². The Labute approximate surface area is 109 Å². The summed E-state index contributed by atoms with van der Waals surface area (Å²) in [5, 5.41) is 8.89. The van der Waals surface area contributed by atoms with Crippen molar-refractivity contribution in [1.82, 2.24) is 4.90 Å². The van der Waals surface area contributed by atoms with Gasteiger partial charge in [0, 0.05) is 19.6 Å². The molecule has 0 aromatic heterocycles. The SMILES string of the molecule is C=CCN(CCO)Cc1ccc(OC(F)F)c(F)c1. The number of benzene rings is 1. The third-order valence-corrected chi connectivity index (χ3v) is 2.42. The Kier molecular flexibility index (Phi) is 6.38. The first-order chi connectivity index (χ1) is 9.06. The van der Waals surface area contributed by atoms with Crippen LogP contribution in [-0.2, 0) is 6.54 Å². The third kappa shape index (κ3) is 5.32. The fourth-order valence-corrected chi connectivity index (χ4v) is 1.65. The van der Waals surface area contributed by atoms with E-state index in [-0.39, 0.29) is 6.61 Å². The number of rotatable bonds is 8. The molecule has 0 saturated carbocycles. The molecule has 0 spiro atoms. The summed E-state index contributed by atoms with van der Waals surface area (Å²) in [7, 11) is 0. The van der Waals surface area contributed by atoms with Gasteiger partial charge in [-0.15, -0.1) is 6.58 Å². The van der Waals surface area contributed by atoms with E-state index in [1.54, 1.807) is 6.08 Å². The maximum Gasteiger partial charge on any atom is 0.387 e. The van der Waals surface area contributed by atoms with Gasteiger partial charge in [0.2, 0.25) is 0 Å². The minimum absolute atomic E-state index is 0.0249. The Morgan fingerprint density at radius 1 is 1.42 bits per heavy atom. The largest absolute Gasteiger partial charge is 0.432 e. The second-order valence-corrected chi connectivity index (χ2v) is 3.89. The van der Waals surface area contributed by atoms with Crippen LogP contribution in [0.15, 0.2) is 30.9 Å². The lowest BCUT2D eigenvalue weighted by molar-refractivity contribution is -0.0522. The van der Waals surface area contributed by atoms with E-state index in [0.717, 1.165) is 6.07 Å². The quantitative estimate of drug-likeness (QED) is 0.739. The van der Waals surface area contributed by atoms with E-state index in [0.29, 0.717) is 25.2 Å². The molecule has 0 atom stereocenters. The zero-order chi connectivity index (χ0) is 14.3. The molecule has 0 aliphatic rings. The molecule has 0 bridgehead atoms. The van der Waals surface area contributed by atoms with E-state index >= 15 is 0 Å². The maximum absolute atomic E-state index is 13.5. The van der Waals surface area contributed by atoms with Crippen LogP contribution in [0.25, 0.3) is 0 Å². The number of ether oxygens (including phenoxy) is 1. The molecule has 0 unspecified atom stereocenters. The van der Waals surface area contributed by atoms with Crippen LogP contribution in [0.2, 0.25) is 0 Å². The molecule has 1 aromatic carbocycles. The molecular formula is C13H16F3NO2. The van der Waals surface area contributed by atoms with Gasteiger partial charge in [0.05, 0.1) is 6.61 Å². The summed E-state index contributed by atoms with van der Waals surface area (Å²) in [6.45, 7) is 1.86. The first-order valence-corrected chi connectivity index (χ1v) is 5.74. The topological polar surface area (TPSA) is 32.7 Å². The number of hydrogen-bond donors (Lipinski definition) is 1. The van der Waals surface area contributed by atoms with Crippen molar-refractivity contribution in [2.24, 2.45) is 0 Å². The molecule has 0 radical (unpaired) electrons. The minimum atomic E-state index is -3.05. The summed E-state index contributed by atoms with van der Waals surface area (Å²) in [5.74, 6) is -1.31. The van der Waals surface area contributed by atoms with Gasteiger partial charge in [-0.25, -0.2) is 4.39 Å². The predicted octanol–water partition coefficient (Wildman–Crippen LogP) is 2.41. The van der Waals surface area contributed by atoms with E-state index in [4.69, 9.17) is 5.11 Å². The number of nitrogens with zero attached hydrogens (tertiary/aromatic N) is 1. The minimum Gasteiger partial charge on any atom is -0.432 e. The number of halogens is 3. The van der Waals surface area contributed by atoms with E-state index in [2.05, 4.69) is 11.3 Å². The lowest BCUT2D eigenvalue weighted by Crippen LogP contribution is -2.26. The predicted molar refractivity (Wildman–Crippen MR) is 65.6 cm³/mol. The highest BCUT2D eigenvalue weighted by Gasteiger charge is 2.11. The van der Waals surface area contributed by atoms with Gasteiger partial charge < -0.3 is 9.84 Å². The number of aliphatic hydroxyl groups excluding tert-OH is 1. The summed E-state index contributed by atoms with van der Waals surface area (Å²) >= 11 is 0. The van der Waals surface area contributed by atoms with Crippen molar-refractivity contribution < 1.29 is 23.0 Å². The summed E-state index contributed by atoms with van der Waals surface area (Å²) in [4.78, 5) is 1.84. The molecule has 19 heavy (non-hydrogen) atoms. The van der Waals surface area contributed by atoms with Gasteiger partial charge in [0.15, 0.2) is 11.6 Å². The Morgan fingerprint density at radius 3 is 2.68 bits per heavy atom. The van der Waals surface area contributed by atoms with Crippen molar-refractivity contribution in [1.29, 1.82) is 0 Å². The molecule has 0 amide bonds. The molecule has 0 aliphatic carbocycles. The van der Waals surface area contributed by atoms with Crippen molar-refractivity contribution in [2.45, 2.75) is 13.2 Å². The Morgan fingerprint density at radius 2 is 2.16 bits per heavy atom. The second kappa shape index (κ2) is 7.81. The standard InChI is InChI=1S/C13H16F3NO2/c1-2-5-17(6-7-18)9-10-3-4-12(11(14)8-10)19-13(15)16/h2-4,8,13,18H,1,5-7,9H2. The molecule has 1 aromatic rings. The Hall–Kier alpha value is -1.53. The highest BCUT2D eigenvalue weighted by molar-refractivity contribution is 5.29. The van der Waals surface area contributed by atoms with E-state index < -0.39 is 18.2 Å². The number of hydrogen-bond acceptors (Lipinski definition) is 3. The summed E-state index contributed by atoms with van der Waals surface area (Å²) in [6, 6.07) is 3.82. The fourth-order valence-electron chi connectivity index (χ4n) is 1.65. The van der Waals surface area contributed by atoms with Crippen molar-refractivity contribution in [3.05, 3.63) is 42.2 Å². The molecule has 0 saturated heterocycles. The zero-order valence-electron chi connectivity index (χ0n) is 10.4. The van der Waals surface area contributed by atoms with Gasteiger partial charge in [-0.1, -0.05) is 12.1 Å². The van der Waals surface area contributed by atoms with Crippen LogP contribution in [0.3, 0.4) is 0 Å². The molecular weight excluding hydrogens is 259 g/mol. The van der Waals surface area contributed by atoms with Crippen molar-refractivity contribution in [2.75, 3.05) is 19.7 Å². The van der Waals surface area contributed by atoms with Crippen LogP contribution in [0.4, 0.5) is 13.2 Å². The smallest absolute Gasteiger partial charge is 0.387 e. The second-order valence-electron chi connectivity index (χ2n) is 3.89. The Balaban J connectivity index is 2.73. The lowest BCUT2D eigenvalue weighted by atomic mass is 10.2. The van der Waals surface area contributed by atoms with Gasteiger partial charge in [-0.2, -0.15) is 8.78 Å². The van der Waals surface area contributed by atoms with Crippen LogP contribution in [0, 0.1) is 5.82 Å². The molecule has 106 valence electrons. The van der Waals surface area contributed by atoms with E-state index in [1.807, 2.05) is 4.90 Å². The first kappa shape index (κ1) is 15.5. The van der Waals surface area contributed by atoms with Crippen LogP contribution in [0.1, 0.15) is 5.56 Å². The summed E-state index contributed by atoms with van der Waals surface area (Å²) in [6.07, 6.45) is 1.67. The highest BCUT2D eigenvalue weighted by Crippen LogP contribution is 2.21.